The van der Waals surface area contributed by atoms with Gasteiger partial charge in [-0.25, -0.2) is 0 Å². The first-order chi connectivity index (χ1) is 19.3. The fourth-order valence-corrected chi connectivity index (χ4v) is 6.40. The summed E-state index contributed by atoms with van der Waals surface area (Å²) in [5.74, 6) is 0. The SMILES string of the molecule is Cc1ccc(-n2c3ccccc3c3cc(-c4ccc5c(c4)c4c(n5-c5ccccc5)CCC=C4)ccc32)cc1. The summed E-state index contributed by atoms with van der Waals surface area (Å²) in [5, 5.41) is 3.89. The molecule has 2 heteroatoms. The highest BCUT2D eigenvalue weighted by Gasteiger charge is 2.19. The van der Waals surface area contributed by atoms with Crippen LogP contribution in [0.5, 0.6) is 0 Å². The maximum absolute atomic E-state index is 2.45. The van der Waals surface area contributed by atoms with Crippen LogP contribution in [0.15, 0.2) is 121 Å². The number of nitrogens with zero attached hydrogens (tertiary/aromatic N) is 2. The summed E-state index contributed by atoms with van der Waals surface area (Å²) in [7, 11) is 0. The second-order valence-electron chi connectivity index (χ2n) is 10.6. The molecule has 0 amide bonds. The Labute approximate surface area is 228 Å². The number of hydrogen-bond acceptors (Lipinski definition) is 0. The van der Waals surface area contributed by atoms with E-state index in [0.29, 0.717) is 0 Å². The van der Waals surface area contributed by atoms with Crippen molar-refractivity contribution >= 4 is 38.8 Å². The van der Waals surface area contributed by atoms with Gasteiger partial charge >= 0.3 is 0 Å². The van der Waals surface area contributed by atoms with Crippen molar-refractivity contribution in [2.45, 2.75) is 19.8 Å². The molecule has 0 aliphatic heterocycles. The second kappa shape index (κ2) is 8.61. The van der Waals surface area contributed by atoms with Gasteiger partial charge in [-0.2, -0.15) is 0 Å². The molecule has 8 rings (SSSR count). The lowest BCUT2D eigenvalue weighted by atomic mass is 9.98. The molecule has 0 saturated carbocycles. The molecule has 0 fully saturated rings. The molecule has 2 nitrogen and oxygen atoms in total. The van der Waals surface area contributed by atoms with Gasteiger partial charge in [0.05, 0.1) is 16.6 Å². The molecule has 0 bridgehead atoms. The van der Waals surface area contributed by atoms with E-state index in [1.54, 1.807) is 0 Å². The van der Waals surface area contributed by atoms with Gasteiger partial charge in [-0.1, -0.05) is 78.4 Å². The van der Waals surface area contributed by atoms with Crippen molar-refractivity contribution in [2.24, 2.45) is 0 Å². The van der Waals surface area contributed by atoms with E-state index in [0.717, 1.165) is 12.8 Å². The van der Waals surface area contributed by atoms with Crippen LogP contribution in [0.25, 0.3) is 61.3 Å². The Bertz CT molecular complexity index is 2050. The maximum Gasteiger partial charge on any atom is 0.0541 e. The first-order valence-electron chi connectivity index (χ1n) is 13.8. The van der Waals surface area contributed by atoms with E-state index >= 15 is 0 Å². The van der Waals surface area contributed by atoms with Gasteiger partial charge in [-0.3, -0.25) is 0 Å². The molecule has 2 aromatic heterocycles. The summed E-state index contributed by atoms with van der Waals surface area (Å²) in [4.78, 5) is 0. The molecule has 2 heterocycles. The van der Waals surface area contributed by atoms with Crippen LogP contribution in [-0.2, 0) is 6.42 Å². The molecular weight excluding hydrogens is 472 g/mol. The van der Waals surface area contributed by atoms with Crippen LogP contribution in [0.4, 0.5) is 0 Å². The van der Waals surface area contributed by atoms with E-state index in [4.69, 9.17) is 0 Å². The van der Waals surface area contributed by atoms with E-state index in [1.165, 1.54) is 72.0 Å². The molecule has 39 heavy (non-hydrogen) atoms. The summed E-state index contributed by atoms with van der Waals surface area (Å²) in [6, 6.07) is 42.3. The van der Waals surface area contributed by atoms with Crippen molar-refractivity contribution in [2.75, 3.05) is 0 Å². The topological polar surface area (TPSA) is 9.86 Å². The van der Waals surface area contributed by atoms with Crippen molar-refractivity contribution in [3.05, 3.63) is 138 Å². The number of aromatic nitrogens is 2. The molecule has 5 aromatic carbocycles. The van der Waals surface area contributed by atoms with Crippen molar-refractivity contribution in [1.82, 2.24) is 9.13 Å². The lowest BCUT2D eigenvalue weighted by molar-refractivity contribution is 0.888. The van der Waals surface area contributed by atoms with Gasteiger partial charge < -0.3 is 9.13 Å². The molecule has 1 aliphatic rings. The van der Waals surface area contributed by atoms with Crippen LogP contribution in [0.2, 0.25) is 0 Å². The van der Waals surface area contributed by atoms with Crippen molar-refractivity contribution < 1.29 is 0 Å². The summed E-state index contributed by atoms with van der Waals surface area (Å²) < 4.78 is 4.84. The Morgan fingerprint density at radius 3 is 1.97 bits per heavy atom. The Balaban J connectivity index is 1.33. The Morgan fingerprint density at radius 1 is 0.538 bits per heavy atom. The summed E-state index contributed by atoms with van der Waals surface area (Å²) in [5.41, 5.74) is 12.7. The Hall–Kier alpha value is -4.82. The predicted octanol–water partition coefficient (Wildman–Crippen LogP) is 9.66. The molecule has 0 unspecified atom stereocenters. The average Bonchev–Trinajstić information content (AvgIpc) is 3.50. The minimum atomic E-state index is 1.06. The number of benzene rings is 5. The molecular formula is C37H28N2. The van der Waals surface area contributed by atoms with Gasteiger partial charge in [0, 0.05) is 38.8 Å². The van der Waals surface area contributed by atoms with Crippen molar-refractivity contribution in [1.29, 1.82) is 0 Å². The third kappa shape index (κ3) is 3.42. The second-order valence-corrected chi connectivity index (χ2v) is 10.6. The quantitative estimate of drug-likeness (QED) is 0.229. The van der Waals surface area contributed by atoms with Crippen LogP contribution >= 0.6 is 0 Å². The third-order valence-electron chi connectivity index (χ3n) is 8.25. The number of fused-ring (bicyclic) bond motifs is 6. The fourth-order valence-electron chi connectivity index (χ4n) is 6.40. The van der Waals surface area contributed by atoms with E-state index in [1.807, 2.05) is 0 Å². The first kappa shape index (κ1) is 22.2. The molecule has 7 aromatic rings. The Morgan fingerprint density at radius 2 is 1.18 bits per heavy atom. The molecule has 1 aliphatic carbocycles. The van der Waals surface area contributed by atoms with Crippen LogP contribution in [0.1, 0.15) is 23.2 Å². The van der Waals surface area contributed by atoms with Crippen LogP contribution in [-0.4, -0.2) is 9.13 Å². The lowest BCUT2D eigenvalue weighted by Gasteiger charge is -2.13. The minimum Gasteiger partial charge on any atom is -0.313 e. The largest absolute Gasteiger partial charge is 0.313 e. The fraction of sp³-hybridized carbons (Fsp3) is 0.0811. The van der Waals surface area contributed by atoms with Gasteiger partial charge in [0.25, 0.3) is 0 Å². The van der Waals surface area contributed by atoms with E-state index in [-0.39, 0.29) is 0 Å². The minimum absolute atomic E-state index is 1.06. The molecule has 0 atom stereocenters. The predicted molar refractivity (Wildman–Crippen MR) is 165 cm³/mol. The standard InChI is InChI=1S/C37H28N2/c1-25-15-19-29(20-16-25)39-35-14-8-6-12-31(35)33-24-27(18-22-37(33)39)26-17-21-36-32(23-26)30-11-5-7-13-34(30)38(36)28-9-3-2-4-10-28/h2-6,8-12,14-24H,7,13H2,1H3. The number of para-hydroxylation sites is 2. The average molecular weight is 501 g/mol. The molecule has 0 N–H and O–H groups in total. The molecule has 0 radical (unpaired) electrons. The monoisotopic (exact) mass is 500 g/mol. The zero-order valence-electron chi connectivity index (χ0n) is 21.9. The smallest absolute Gasteiger partial charge is 0.0541 e. The first-order valence-corrected chi connectivity index (χ1v) is 13.8. The molecule has 0 spiro atoms. The maximum atomic E-state index is 2.45. The number of allylic oxidation sites excluding steroid dienone is 1. The Kier molecular flexibility index (Phi) is 4.90. The molecule has 186 valence electrons. The van der Waals surface area contributed by atoms with Gasteiger partial charge in [-0.05, 0) is 85.5 Å². The van der Waals surface area contributed by atoms with E-state index in [2.05, 4.69) is 143 Å². The van der Waals surface area contributed by atoms with Crippen molar-refractivity contribution in [3.63, 3.8) is 0 Å². The number of aryl methyl sites for hydroxylation is 1. The highest BCUT2D eigenvalue weighted by molar-refractivity contribution is 6.10. The highest BCUT2D eigenvalue weighted by atomic mass is 15.0. The van der Waals surface area contributed by atoms with E-state index < -0.39 is 0 Å². The normalized spacial score (nSPS) is 12.9. The highest BCUT2D eigenvalue weighted by Crippen LogP contribution is 2.38. The zero-order chi connectivity index (χ0) is 25.9. The molecule has 0 saturated heterocycles. The van der Waals surface area contributed by atoms with Crippen LogP contribution < -0.4 is 0 Å². The van der Waals surface area contributed by atoms with Gasteiger partial charge in [0.1, 0.15) is 0 Å². The lowest BCUT2D eigenvalue weighted by Crippen LogP contribution is -2.02. The summed E-state index contributed by atoms with van der Waals surface area (Å²) in [6.07, 6.45) is 6.79. The van der Waals surface area contributed by atoms with Crippen molar-refractivity contribution in [3.8, 4) is 22.5 Å². The number of rotatable bonds is 3. The third-order valence-corrected chi connectivity index (χ3v) is 8.25. The van der Waals surface area contributed by atoms with Crippen LogP contribution in [0, 0.1) is 6.92 Å². The summed E-state index contributed by atoms with van der Waals surface area (Å²) in [6.45, 7) is 2.14. The van der Waals surface area contributed by atoms with Gasteiger partial charge in [0.15, 0.2) is 0 Å². The zero-order valence-corrected chi connectivity index (χ0v) is 21.9. The summed E-state index contributed by atoms with van der Waals surface area (Å²) >= 11 is 0. The van der Waals surface area contributed by atoms with Crippen LogP contribution in [0.3, 0.4) is 0 Å². The number of hydrogen-bond donors (Lipinski definition) is 0. The van der Waals surface area contributed by atoms with Gasteiger partial charge in [-0.15, -0.1) is 0 Å². The van der Waals surface area contributed by atoms with E-state index in [9.17, 15) is 0 Å². The van der Waals surface area contributed by atoms with Gasteiger partial charge in [0.2, 0.25) is 0 Å².